The van der Waals surface area contributed by atoms with Crippen LogP contribution in [0.15, 0.2) is 11.1 Å². The van der Waals surface area contributed by atoms with Crippen molar-refractivity contribution in [3.05, 3.63) is 11.1 Å². The Morgan fingerprint density at radius 1 is 1.14 bits per heavy atom. The van der Waals surface area contributed by atoms with E-state index in [0.29, 0.717) is 5.41 Å². The van der Waals surface area contributed by atoms with Crippen molar-refractivity contribution in [1.29, 1.82) is 0 Å². The van der Waals surface area contributed by atoms with Crippen molar-refractivity contribution < 1.29 is 0 Å². The summed E-state index contributed by atoms with van der Waals surface area (Å²) >= 11 is 0. The quantitative estimate of drug-likeness (QED) is 0.530. The first-order valence-electron chi connectivity index (χ1n) is 6.04. The van der Waals surface area contributed by atoms with E-state index in [-0.39, 0.29) is 0 Å². The van der Waals surface area contributed by atoms with Crippen LogP contribution in [0.25, 0.3) is 0 Å². The van der Waals surface area contributed by atoms with E-state index in [4.69, 9.17) is 0 Å². The van der Waals surface area contributed by atoms with E-state index in [2.05, 4.69) is 48.5 Å². The molecule has 0 aromatic carbocycles. The van der Waals surface area contributed by atoms with Crippen LogP contribution in [0.3, 0.4) is 0 Å². The van der Waals surface area contributed by atoms with Crippen LogP contribution in [-0.2, 0) is 0 Å². The zero-order chi connectivity index (χ0) is 11.4. The van der Waals surface area contributed by atoms with E-state index < -0.39 is 0 Å². The Balaban J connectivity index is 4.99. The lowest BCUT2D eigenvalue weighted by molar-refractivity contribution is 0.226. The normalized spacial score (nSPS) is 17.4. The molecule has 0 bridgehead atoms. The molecule has 0 heteroatoms. The highest BCUT2D eigenvalue weighted by atomic mass is 14.4. The van der Waals surface area contributed by atoms with E-state index in [1.807, 2.05) is 0 Å². The molecule has 84 valence electrons. The van der Waals surface area contributed by atoms with Gasteiger partial charge in [-0.05, 0) is 38.5 Å². The molecule has 0 saturated heterocycles. The molecular formula is C14H28. The molecule has 0 heterocycles. The monoisotopic (exact) mass is 196 g/mol. The van der Waals surface area contributed by atoms with Gasteiger partial charge in [-0.25, -0.2) is 0 Å². The largest absolute Gasteiger partial charge is 0.0769 e. The molecule has 0 aliphatic carbocycles. The van der Waals surface area contributed by atoms with Crippen LogP contribution in [0.1, 0.15) is 67.7 Å². The summed E-state index contributed by atoms with van der Waals surface area (Å²) < 4.78 is 0. The van der Waals surface area contributed by atoms with E-state index >= 15 is 0 Å². The second kappa shape index (κ2) is 5.58. The van der Waals surface area contributed by atoms with Crippen molar-refractivity contribution in [3.63, 3.8) is 0 Å². The Bertz CT molecular complexity index is 196. The van der Waals surface area contributed by atoms with Crippen molar-refractivity contribution in [1.82, 2.24) is 0 Å². The second-order valence-corrected chi connectivity index (χ2v) is 5.10. The van der Waals surface area contributed by atoms with Gasteiger partial charge in [-0.3, -0.25) is 0 Å². The van der Waals surface area contributed by atoms with E-state index in [9.17, 15) is 0 Å². The molecule has 2 atom stereocenters. The third-order valence-electron chi connectivity index (χ3n) is 4.08. The maximum atomic E-state index is 2.44. The van der Waals surface area contributed by atoms with Crippen LogP contribution in [0, 0.1) is 11.3 Å². The zero-order valence-corrected chi connectivity index (χ0v) is 11.2. The second-order valence-electron chi connectivity index (χ2n) is 5.10. The summed E-state index contributed by atoms with van der Waals surface area (Å²) in [6.07, 6.45) is 3.88. The molecule has 0 nitrogen and oxygen atoms in total. The molecular weight excluding hydrogens is 168 g/mol. The van der Waals surface area contributed by atoms with E-state index in [1.54, 1.807) is 5.57 Å². The fraction of sp³-hybridized carbons (Fsp3) is 0.857. The molecule has 0 radical (unpaired) electrons. The van der Waals surface area contributed by atoms with Gasteiger partial charge in [0.2, 0.25) is 0 Å². The van der Waals surface area contributed by atoms with Gasteiger partial charge in [-0.2, -0.15) is 0 Å². The van der Waals surface area contributed by atoms with Crippen molar-refractivity contribution in [3.8, 4) is 0 Å². The number of allylic oxidation sites excluding steroid dienone is 2. The van der Waals surface area contributed by atoms with Gasteiger partial charge in [-0.1, -0.05) is 51.7 Å². The SMILES string of the molecule is CCCC(C)(C(C)=C(C)C)C(C)CC. The number of hydrogen-bond donors (Lipinski definition) is 0. The maximum absolute atomic E-state index is 2.44. The standard InChI is InChI=1S/C14H28/c1-8-10-14(7,12(5)9-2)13(6)11(3)4/h12H,8-10H2,1-7H3. The fourth-order valence-corrected chi connectivity index (χ4v) is 2.34. The van der Waals surface area contributed by atoms with Crippen molar-refractivity contribution in [2.24, 2.45) is 11.3 Å². The average Bonchev–Trinajstić information content (AvgIpc) is 2.15. The predicted octanol–water partition coefficient (Wildman–Crippen LogP) is 5.20. The predicted molar refractivity (Wildman–Crippen MR) is 66.5 cm³/mol. The zero-order valence-electron chi connectivity index (χ0n) is 11.2. The smallest absolute Gasteiger partial charge is 0.00913 e. The van der Waals surface area contributed by atoms with Crippen molar-refractivity contribution in [2.45, 2.75) is 67.7 Å². The molecule has 0 saturated carbocycles. The van der Waals surface area contributed by atoms with E-state index in [1.165, 1.54) is 24.8 Å². The minimum Gasteiger partial charge on any atom is -0.0769 e. The summed E-state index contributed by atoms with van der Waals surface area (Å²) in [6.45, 7) is 16.2. The van der Waals surface area contributed by atoms with Crippen LogP contribution in [0.2, 0.25) is 0 Å². The average molecular weight is 196 g/mol. The lowest BCUT2D eigenvalue weighted by atomic mass is 9.68. The molecule has 14 heavy (non-hydrogen) atoms. The van der Waals surface area contributed by atoms with Crippen LogP contribution in [0.5, 0.6) is 0 Å². The number of hydrogen-bond acceptors (Lipinski definition) is 0. The van der Waals surface area contributed by atoms with E-state index in [0.717, 1.165) is 5.92 Å². The molecule has 2 unspecified atom stereocenters. The Hall–Kier alpha value is -0.260. The van der Waals surface area contributed by atoms with Gasteiger partial charge < -0.3 is 0 Å². The van der Waals surface area contributed by atoms with Gasteiger partial charge >= 0.3 is 0 Å². The first kappa shape index (κ1) is 13.7. The Morgan fingerprint density at radius 2 is 1.64 bits per heavy atom. The lowest BCUT2D eigenvalue weighted by Crippen LogP contribution is -2.27. The van der Waals surface area contributed by atoms with Gasteiger partial charge in [-0.15, -0.1) is 0 Å². The first-order chi connectivity index (χ1) is 6.40. The highest BCUT2D eigenvalue weighted by molar-refractivity contribution is 5.17. The molecule has 0 amide bonds. The molecule has 0 aliphatic heterocycles. The summed E-state index contributed by atoms with van der Waals surface area (Å²) in [5.74, 6) is 0.789. The molecule has 0 aromatic rings. The highest BCUT2D eigenvalue weighted by Crippen LogP contribution is 2.42. The summed E-state index contributed by atoms with van der Waals surface area (Å²) in [5, 5.41) is 0. The van der Waals surface area contributed by atoms with Gasteiger partial charge in [0.25, 0.3) is 0 Å². The van der Waals surface area contributed by atoms with Crippen LogP contribution in [0.4, 0.5) is 0 Å². The summed E-state index contributed by atoms with van der Waals surface area (Å²) in [6, 6.07) is 0. The van der Waals surface area contributed by atoms with Gasteiger partial charge in [0.05, 0.1) is 0 Å². The van der Waals surface area contributed by atoms with Gasteiger partial charge in [0.15, 0.2) is 0 Å². The van der Waals surface area contributed by atoms with Crippen LogP contribution in [-0.4, -0.2) is 0 Å². The molecule has 0 aromatic heterocycles. The topological polar surface area (TPSA) is 0 Å². The first-order valence-corrected chi connectivity index (χ1v) is 6.04. The molecule has 0 rings (SSSR count). The minimum absolute atomic E-state index is 0.419. The third kappa shape index (κ3) is 2.87. The Kier molecular flexibility index (Phi) is 5.48. The van der Waals surface area contributed by atoms with Crippen LogP contribution >= 0.6 is 0 Å². The maximum Gasteiger partial charge on any atom is -0.00913 e. The lowest BCUT2D eigenvalue weighted by Gasteiger charge is -2.37. The van der Waals surface area contributed by atoms with Gasteiger partial charge in [0.1, 0.15) is 0 Å². The van der Waals surface area contributed by atoms with Crippen molar-refractivity contribution >= 4 is 0 Å². The van der Waals surface area contributed by atoms with Crippen molar-refractivity contribution in [2.75, 3.05) is 0 Å². The molecule has 0 spiro atoms. The Morgan fingerprint density at radius 3 is 1.93 bits per heavy atom. The summed E-state index contributed by atoms with van der Waals surface area (Å²) in [4.78, 5) is 0. The summed E-state index contributed by atoms with van der Waals surface area (Å²) in [7, 11) is 0. The summed E-state index contributed by atoms with van der Waals surface area (Å²) in [5.41, 5.74) is 3.53. The third-order valence-corrected chi connectivity index (χ3v) is 4.08. The number of rotatable bonds is 5. The fourth-order valence-electron chi connectivity index (χ4n) is 2.34. The molecule has 0 fully saturated rings. The Labute approximate surface area is 90.8 Å². The minimum atomic E-state index is 0.419. The highest BCUT2D eigenvalue weighted by Gasteiger charge is 2.31. The van der Waals surface area contributed by atoms with Gasteiger partial charge in [0, 0.05) is 0 Å². The molecule has 0 aliphatic rings. The van der Waals surface area contributed by atoms with Crippen LogP contribution < -0.4 is 0 Å². The molecule has 0 N–H and O–H groups in total.